The molecular formula is C55H81BrN8O4. The van der Waals surface area contributed by atoms with Crippen LogP contribution in [0.3, 0.4) is 0 Å². The Kier molecular flexibility index (Phi) is 13.5. The van der Waals surface area contributed by atoms with E-state index in [1.807, 2.05) is 20.0 Å². The lowest BCUT2D eigenvalue weighted by molar-refractivity contribution is -0.151. The van der Waals surface area contributed by atoms with Gasteiger partial charge in [-0.3, -0.25) is 19.4 Å². The lowest BCUT2D eigenvalue weighted by Crippen LogP contribution is -2.55. The van der Waals surface area contributed by atoms with Crippen LogP contribution in [0.4, 0.5) is 0 Å². The molecule has 0 aliphatic heterocycles. The minimum atomic E-state index is -0.479. The van der Waals surface area contributed by atoms with Gasteiger partial charge in [-0.05, 0) is 198 Å². The predicted molar refractivity (Wildman–Crippen MR) is 269 cm³/mol. The zero-order valence-corrected chi connectivity index (χ0v) is 42.7. The Labute approximate surface area is 413 Å². The van der Waals surface area contributed by atoms with Crippen LogP contribution in [0.2, 0.25) is 0 Å². The number of nitrogens with zero attached hydrogens (tertiary/aromatic N) is 7. The van der Waals surface area contributed by atoms with Gasteiger partial charge in [-0.25, -0.2) is 19.9 Å². The molecule has 3 N–H and O–H groups in total. The van der Waals surface area contributed by atoms with E-state index in [1.165, 1.54) is 64.2 Å². The molecule has 0 saturated heterocycles. The number of Topliss-reactive ketones (excluding diaryl/α,β-unsaturated/α-hetero) is 2. The SMILES string of the molecule is C.C[C@@]1(O)CC[C@@]2(C)[C@@H](CC[C@@H]3[C@@H]2CC[C@]2(C)[C@@H](C(=O)CBr)CC[C@@H]32)C1.C[C@@]1(O)CC[C@@]2(C)[C@@H](CC[C@@H]3[C@@H]2CC[C@]2(C)[C@@H](C(=O)Cn4cc5nccnc5n4)CC[C@@H]32)C1.c1cnc2[nH]ncc2n1. The molecular weight excluding hydrogens is 917 g/mol. The number of alkyl halides is 1. The molecule has 68 heavy (non-hydrogen) atoms. The van der Waals surface area contributed by atoms with Gasteiger partial charge >= 0.3 is 0 Å². The summed E-state index contributed by atoms with van der Waals surface area (Å²) in [6.07, 6.45) is 31.0. The van der Waals surface area contributed by atoms with Crippen molar-refractivity contribution in [1.82, 2.24) is 39.9 Å². The topological polar surface area (TPSA) is 173 Å². The average Bonchev–Trinajstić information content (AvgIpc) is 4.10. The summed E-state index contributed by atoms with van der Waals surface area (Å²) in [7, 11) is 0. The standard InChI is InChI=1S/C27H38N4O2.C22H35BrO2.C5H4N4.CH4/c1-25(33)10-11-26(2)17(14-25)4-5-18-19-6-7-21(27(19,3)9-8-20(18)26)23(32)16-31-15-22-24(30-31)29-13-12-28-22;1-20(25)10-11-21(2)14(12-20)4-5-15-16-6-7-18(19(24)13-23)22(16,3)9-8-17(15)21;1-2-7-5-4(6-1)3-8-9-5;/h12-13,15,17-21,33H,4-11,14,16H2,1-3H3;14-18,25H,4-13H2,1-3H3;1-3H,(H,7,8,9);1H4/t17-,18-,19-,20-,21+,25+,26-,27-;14-,15-,16-,17-,18+,20+,21-,22-;;/m00../s1. The fourth-order valence-corrected chi connectivity index (χ4v) is 18.2. The first-order valence-corrected chi connectivity index (χ1v) is 27.3. The minimum absolute atomic E-state index is 0. The van der Waals surface area contributed by atoms with E-state index < -0.39 is 11.2 Å². The van der Waals surface area contributed by atoms with E-state index >= 15 is 0 Å². The molecule has 0 unspecified atom stereocenters. The van der Waals surface area contributed by atoms with Gasteiger partial charge in [-0.1, -0.05) is 51.1 Å². The normalized spacial score (nSPS) is 43.4. The summed E-state index contributed by atoms with van der Waals surface area (Å²) in [5.41, 5.74) is 3.12. The first-order chi connectivity index (χ1) is 31.9. The quantitative estimate of drug-likeness (QED) is 0.163. The molecule has 4 aromatic heterocycles. The highest BCUT2D eigenvalue weighted by Gasteiger charge is 2.63. The van der Waals surface area contributed by atoms with E-state index in [0.29, 0.717) is 57.7 Å². The van der Waals surface area contributed by atoms with E-state index in [1.54, 1.807) is 35.7 Å². The molecule has 0 spiro atoms. The number of rotatable bonds is 5. The highest BCUT2D eigenvalue weighted by atomic mass is 79.9. The van der Waals surface area contributed by atoms with Crippen molar-refractivity contribution in [3.05, 3.63) is 37.2 Å². The number of ketones is 2. The third-order valence-corrected chi connectivity index (χ3v) is 22.0. The largest absolute Gasteiger partial charge is 0.390 e. The van der Waals surface area contributed by atoms with Crippen LogP contribution in [0.1, 0.15) is 165 Å². The van der Waals surface area contributed by atoms with Crippen LogP contribution in [0.25, 0.3) is 22.3 Å². The third kappa shape index (κ3) is 8.63. The second kappa shape index (κ2) is 18.5. The fourth-order valence-electron chi connectivity index (χ4n) is 17.8. The number of hydrogen-bond acceptors (Lipinski definition) is 10. The fraction of sp³-hybridized carbons (Fsp3) is 0.782. The van der Waals surface area contributed by atoms with Crippen molar-refractivity contribution >= 4 is 49.8 Å². The Hall–Kier alpha value is -3.16. The molecule has 0 radical (unpaired) electrons. The second-order valence-corrected chi connectivity index (χ2v) is 25.4. The number of fused-ring (bicyclic) bond motifs is 12. The molecule has 0 aromatic carbocycles. The molecule has 372 valence electrons. The maximum atomic E-state index is 13.5. The number of aromatic nitrogens is 8. The van der Waals surface area contributed by atoms with E-state index in [4.69, 9.17) is 0 Å². The van der Waals surface area contributed by atoms with Gasteiger partial charge in [0.1, 0.15) is 16.8 Å². The molecule has 16 atom stereocenters. The minimum Gasteiger partial charge on any atom is -0.390 e. The second-order valence-electron chi connectivity index (χ2n) is 24.9. The molecule has 8 aliphatic rings. The average molecular weight is 998 g/mol. The summed E-state index contributed by atoms with van der Waals surface area (Å²) >= 11 is 3.43. The Morgan fingerprint density at radius 3 is 1.65 bits per heavy atom. The molecule has 8 aliphatic carbocycles. The summed E-state index contributed by atoms with van der Waals surface area (Å²) in [5.74, 6) is 7.09. The van der Waals surface area contributed by atoms with Gasteiger partial charge in [0.05, 0.1) is 35.5 Å². The van der Waals surface area contributed by atoms with Crippen LogP contribution in [-0.4, -0.2) is 78.2 Å². The van der Waals surface area contributed by atoms with Crippen LogP contribution in [0.5, 0.6) is 0 Å². The number of H-pyrrole nitrogens is 1. The lowest BCUT2D eigenvalue weighted by atomic mass is 9.44. The Morgan fingerprint density at radius 1 is 0.618 bits per heavy atom. The lowest BCUT2D eigenvalue weighted by Gasteiger charge is -2.61. The van der Waals surface area contributed by atoms with Gasteiger partial charge in [0, 0.05) is 36.6 Å². The predicted octanol–water partition coefficient (Wildman–Crippen LogP) is 11.2. The molecule has 12 rings (SSSR count). The summed E-state index contributed by atoms with van der Waals surface area (Å²) in [5, 5.41) is 32.8. The van der Waals surface area contributed by atoms with Gasteiger partial charge in [0.15, 0.2) is 17.1 Å². The number of aromatic amines is 1. The summed E-state index contributed by atoms with van der Waals surface area (Å²) in [6.45, 7) is 14.4. The van der Waals surface area contributed by atoms with E-state index in [0.717, 1.165) is 97.6 Å². The van der Waals surface area contributed by atoms with Crippen LogP contribution < -0.4 is 0 Å². The number of carbonyl (C=O) groups is 2. The maximum Gasteiger partial charge on any atom is 0.199 e. The number of nitrogens with one attached hydrogen (secondary N) is 1. The highest BCUT2D eigenvalue weighted by Crippen LogP contribution is 2.70. The van der Waals surface area contributed by atoms with Crippen molar-refractivity contribution in [1.29, 1.82) is 0 Å². The van der Waals surface area contributed by atoms with Crippen LogP contribution in [-0.2, 0) is 16.1 Å². The molecule has 4 aromatic rings. The van der Waals surface area contributed by atoms with E-state index in [9.17, 15) is 19.8 Å². The molecule has 12 nitrogen and oxygen atoms in total. The summed E-state index contributed by atoms with van der Waals surface area (Å²) in [4.78, 5) is 42.6. The van der Waals surface area contributed by atoms with E-state index in [2.05, 4.69) is 78.9 Å². The van der Waals surface area contributed by atoms with Crippen molar-refractivity contribution in [2.75, 3.05) is 5.33 Å². The van der Waals surface area contributed by atoms with Gasteiger partial charge in [-0.15, -0.1) is 0 Å². The van der Waals surface area contributed by atoms with Crippen LogP contribution in [0.15, 0.2) is 37.2 Å². The van der Waals surface area contributed by atoms with Crippen LogP contribution >= 0.6 is 15.9 Å². The van der Waals surface area contributed by atoms with Crippen molar-refractivity contribution in [2.24, 2.45) is 80.8 Å². The van der Waals surface area contributed by atoms with Crippen molar-refractivity contribution in [2.45, 2.75) is 182 Å². The maximum absolute atomic E-state index is 13.5. The molecule has 8 saturated carbocycles. The van der Waals surface area contributed by atoms with Gasteiger partial charge in [0.25, 0.3) is 0 Å². The highest BCUT2D eigenvalue weighted by molar-refractivity contribution is 9.09. The number of carbonyl (C=O) groups excluding carboxylic acids is 2. The molecule has 13 heteroatoms. The van der Waals surface area contributed by atoms with Gasteiger partial charge in [-0.2, -0.15) is 10.2 Å². The number of aliphatic hydroxyl groups is 2. The monoisotopic (exact) mass is 997 g/mol. The van der Waals surface area contributed by atoms with Gasteiger partial charge in [0.2, 0.25) is 0 Å². The smallest absolute Gasteiger partial charge is 0.199 e. The number of halogens is 1. The van der Waals surface area contributed by atoms with Crippen molar-refractivity contribution in [3.8, 4) is 0 Å². The summed E-state index contributed by atoms with van der Waals surface area (Å²) < 4.78 is 1.75. The molecule has 8 fully saturated rings. The zero-order chi connectivity index (χ0) is 47.1. The first-order valence-electron chi connectivity index (χ1n) is 26.2. The molecule has 4 heterocycles. The Morgan fingerprint density at radius 2 is 1.12 bits per heavy atom. The van der Waals surface area contributed by atoms with Gasteiger partial charge < -0.3 is 10.2 Å². The first kappa shape index (κ1) is 49.8. The third-order valence-electron chi connectivity index (χ3n) is 21.4. The molecule has 0 bridgehead atoms. The van der Waals surface area contributed by atoms with Crippen molar-refractivity contribution in [3.63, 3.8) is 0 Å². The Balaban J connectivity index is 0.000000145. The Bertz CT molecular complexity index is 2390. The number of hydrogen-bond donors (Lipinski definition) is 3. The molecule has 0 amide bonds. The zero-order valence-electron chi connectivity index (χ0n) is 41.1. The summed E-state index contributed by atoms with van der Waals surface area (Å²) in [6, 6.07) is 0. The van der Waals surface area contributed by atoms with E-state index in [-0.39, 0.29) is 30.1 Å². The van der Waals surface area contributed by atoms with Crippen molar-refractivity contribution < 1.29 is 19.8 Å². The van der Waals surface area contributed by atoms with Crippen LogP contribution in [0, 0.1) is 80.8 Å².